The maximum absolute atomic E-state index is 12.9. The molecule has 2 heterocycles. The van der Waals surface area contributed by atoms with Gasteiger partial charge in [-0.2, -0.15) is 27.3 Å². The van der Waals surface area contributed by atoms with Gasteiger partial charge in [0, 0.05) is 39.7 Å². The van der Waals surface area contributed by atoms with Crippen molar-refractivity contribution in [2.75, 3.05) is 39.9 Å². The molecule has 0 spiro atoms. The monoisotopic (exact) mass is 357 g/mol. The summed E-state index contributed by atoms with van der Waals surface area (Å²) in [4.78, 5) is 4.22. The summed E-state index contributed by atoms with van der Waals surface area (Å²) in [6, 6.07) is 1.99. The van der Waals surface area contributed by atoms with Gasteiger partial charge in [0.1, 0.15) is 0 Å². The van der Waals surface area contributed by atoms with Crippen molar-refractivity contribution in [2.24, 2.45) is 0 Å². The molecule has 9 nitrogen and oxygen atoms in total. The number of methoxy groups -OCH3 is 1. The first-order chi connectivity index (χ1) is 11.5. The zero-order valence-corrected chi connectivity index (χ0v) is 14.8. The Hall–Kier alpha value is -1.54. The van der Waals surface area contributed by atoms with Gasteiger partial charge in [-0.3, -0.25) is 0 Å². The Morgan fingerprint density at radius 2 is 2.29 bits per heavy atom. The first-order valence-corrected chi connectivity index (χ1v) is 9.30. The van der Waals surface area contributed by atoms with Crippen LogP contribution < -0.4 is 0 Å². The highest BCUT2D eigenvalue weighted by Crippen LogP contribution is 2.28. The second-order valence-electron chi connectivity index (χ2n) is 5.68. The van der Waals surface area contributed by atoms with Crippen LogP contribution >= 0.6 is 0 Å². The van der Waals surface area contributed by atoms with Crippen LogP contribution in [0.15, 0.2) is 4.52 Å². The molecule has 0 amide bonds. The van der Waals surface area contributed by atoms with E-state index in [1.807, 2.05) is 6.07 Å². The van der Waals surface area contributed by atoms with Crippen LogP contribution in [0.2, 0.25) is 0 Å². The summed E-state index contributed by atoms with van der Waals surface area (Å²) in [5.74, 6) is 0.920. The van der Waals surface area contributed by atoms with Gasteiger partial charge in [0.05, 0.1) is 18.6 Å². The lowest BCUT2D eigenvalue weighted by molar-refractivity contribution is 0.173. The number of hydrogen-bond acceptors (Lipinski definition) is 7. The van der Waals surface area contributed by atoms with Crippen molar-refractivity contribution in [3.05, 3.63) is 11.7 Å². The molecule has 0 saturated carbocycles. The molecule has 0 aliphatic carbocycles. The number of aryl methyl sites for hydroxylation is 1. The lowest BCUT2D eigenvalue weighted by Gasteiger charge is -2.34. The number of aromatic nitrogens is 2. The van der Waals surface area contributed by atoms with Gasteiger partial charge in [-0.1, -0.05) is 5.16 Å². The van der Waals surface area contributed by atoms with E-state index >= 15 is 0 Å². The smallest absolute Gasteiger partial charge is 0.282 e. The molecule has 134 valence electrons. The Kier molecular flexibility index (Phi) is 6.68. The van der Waals surface area contributed by atoms with Crippen molar-refractivity contribution < 1.29 is 17.7 Å². The number of nitriles is 1. The number of piperidine rings is 1. The third-order valence-electron chi connectivity index (χ3n) is 3.95. The molecule has 1 aliphatic rings. The Morgan fingerprint density at radius 1 is 1.50 bits per heavy atom. The van der Waals surface area contributed by atoms with Gasteiger partial charge in [-0.05, 0) is 19.8 Å². The zero-order valence-electron chi connectivity index (χ0n) is 14.0. The van der Waals surface area contributed by atoms with Gasteiger partial charge in [0.2, 0.25) is 5.89 Å². The SMILES string of the molecule is COCCN(CCC#N)S(=O)(=O)N1CCC[C@@H](c2nc(C)no2)C1. The molecule has 1 fully saturated rings. The fraction of sp³-hybridized carbons (Fsp3) is 0.786. The van der Waals surface area contributed by atoms with Crippen molar-refractivity contribution in [3.8, 4) is 6.07 Å². The molecule has 0 bridgehead atoms. The number of ether oxygens (including phenoxy) is 1. The van der Waals surface area contributed by atoms with Crippen molar-refractivity contribution in [1.29, 1.82) is 5.26 Å². The lowest BCUT2D eigenvalue weighted by atomic mass is 10.00. The molecule has 0 radical (unpaired) electrons. The van der Waals surface area contributed by atoms with Gasteiger partial charge in [0.25, 0.3) is 10.2 Å². The van der Waals surface area contributed by atoms with E-state index in [0.29, 0.717) is 24.8 Å². The fourth-order valence-electron chi connectivity index (χ4n) is 2.71. The molecule has 1 aliphatic heterocycles. The predicted octanol–water partition coefficient (Wildman–Crippen LogP) is 0.664. The molecule has 0 N–H and O–H groups in total. The Bertz CT molecular complexity index is 669. The lowest BCUT2D eigenvalue weighted by Crippen LogP contribution is -2.48. The van der Waals surface area contributed by atoms with E-state index in [4.69, 9.17) is 14.5 Å². The van der Waals surface area contributed by atoms with Crippen molar-refractivity contribution in [2.45, 2.75) is 32.1 Å². The molecular weight excluding hydrogens is 334 g/mol. The summed E-state index contributed by atoms with van der Waals surface area (Å²) in [6.45, 7) is 3.15. The minimum Gasteiger partial charge on any atom is -0.383 e. The second-order valence-corrected chi connectivity index (χ2v) is 7.61. The van der Waals surface area contributed by atoms with Crippen LogP contribution in [0, 0.1) is 18.3 Å². The van der Waals surface area contributed by atoms with Gasteiger partial charge in [0.15, 0.2) is 5.82 Å². The quantitative estimate of drug-likeness (QED) is 0.672. The number of hydrogen-bond donors (Lipinski definition) is 0. The normalized spacial score (nSPS) is 19.5. The molecule has 0 aromatic carbocycles. The highest BCUT2D eigenvalue weighted by atomic mass is 32.2. The van der Waals surface area contributed by atoms with Gasteiger partial charge in [-0.15, -0.1) is 0 Å². The molecule has 1 saturated heterocycles. The molecule has 0 unspecified atom stereocenters. The maximum Gasteiger partial charge on any atom is 0.282 e. The first kappa shape index (κ1) is 18.8. The highest BCUT2D eigenvalue weighted by molar-refractivity contribution is 7.86. The van der Waals surface area contributed by atoms with Crippen molar-refractivity contribution >= 4 is 10.2 Å². The van der Waals surface area contributed by atoms with E-state index in [-0.39, 0.29) is 32.0 Å². The fourth-order valence-corrected chi connectivity index (χ4v) is 4.39. The maximum atomic E-state index is 12.9. The molecule has 2 rings (SSSR count). The summed E-state index contributed by atoms with van der Waals surface area (Å²) in [6.07, 6.45) is 1.68. The van der Waals surface area contributed by atoms with Crippen LogP contribution in [0.25, 0.3) is 0 Å². The second kappa shape index (κ2) is 8.53. The average Bonchev–Trinajstić information content (AvgIpc) is 3.01. The Morgan fingerprint density at radius 3 is 2.92 bits per heavy atom. The third kappa shape index (κ3) is 4.51. The molecule has 1 aromatic heterocycles. The Balaban J connectivity index is 2.12. The standard InChI is InChI=1S/C14H23N5O4S/c1-12-16-14(23-17-12)13-5-3-7-19(11-13)24(20,21)18(8-4-6-15)9-10-22-2/h13H,3-5,7-11H2,1-2H3/t13-/m1/s1. The number of nitrogens with zero attached hydrogens (tertiary/aromatic N) is 5. The topological polar surface area (TPSA) is 113 Å². The van der Waals surface area contributed by atoms with E-state index < -0.39 is 10.2 Å². The predicted molar refractivity (Wildman–Crippen MR) is 85.2 cm³/mol. The van der Waals surface area contributed by atoms with E-state index in [2.05, 4.69) is 10.1 Å². The zero-order chi connectivity index (χ0) is 17.6. The molecular formula is C14H23N5O4S. The van der Waals surface area contributed by atoms with Crippen LogP contribution in [-0.2, 0) is 14.9 Å². The summed E-state index contributed by atoms with van der Waals surface area (Å²) >= 11 is 0. The summed E-state index contributed by atoms with van der Waals surface area (Å²) in [7, 11) is -2.14. The molecule has 1 atom stereocenters. The number of rotatable bonds is 8. The van der Waals surface area contributed by atoms with Gasteiger partial charge in [-0.25, -0.2) is 0 Å². The Labute approximate surface area is 142 Å². The largest absolute Gasteiger partial charge is 0.383 e. The van der Waals surface area contributed by atoms with E-state index in [1.54, 1.807) is 6.92 Å². The highest BCUT2D eigenvalue weighted by Gasteiger charge is 2.35. The molecule has 1 aromatic rings. The van der Waals surface area contributed by atoms with Gasteiger partial charge < -0.3 is 9.26 Å². The van der Waals surface area contributed by atoms with Crippen LogP contribution in [0.3, 0.4) is 0 Å². The van der Waals surface area contributed by atoms with Crippen LogP contribution in [-0.4, -0.2) is 67.1 Å². The minimum atomic E-state index is -3.66. The van der Waals surface area contributed by atoms with E-state index in [0.717, 1.165) is 12.8 Å². The van der Waals surface area contributed by atoms with Crippen LogP contribution in [0.5, 0.6) is 0 Å². The van der Waals surface area contributed by atoms with Gasteiger partial charge >= 0.3 is 0 Å². The minimum absolute atomic E-state index is 0.102. The summed E-state index contributed by atoms with van der Waals surface area (Å²) in [5, 5.41) is 12.5. The molecule has 10 heteroatoms. The van der Waals surface area contributed by atoms with Crippen LogP contribution in [0.1, 0.15) is 36.9 Å². The first-order valence-electron chi connectivity index (χ1n) is 7.90. The van der Waals surface area contributed by atoms with E-state index in [1.165, 1.54) is 15.7 Å². The van der Waals surface area contributed by atoms with Crippen LogP contribution in [0.4, 0.5) is 0 Å². The summed E-state index contributed by atoms with van der Waals surface area (Å²) in [5.41, 5.74) is 0. The van der Waals surface area contributed by atoms with Crippen molar-refractivity contribution in [1.82, 2.24) is 18.8 Å². The van der Waals surface area contributed by atoms with E-state index in [9.17, 15) is 8.42 Å². The summed E-state index contributed by atoms with van der Waals surface area (Å²) < 4.78 is 38.7. The third-order valence-corrected chi connectivity index (χ3v) is 5.95. The molecule has 24 heavy (non-hydrogen) atoms. The van der Waals surface area contributed by atoms with Crippen molar-refractivity contribution in [3.63, 3.8) is 0 Å². The average molecular weight is 357 g/mol.